The number of hydrogen-bond donors (Lipinski definition) is 1. The molecule has 0 saturated carbocycles. The predicted molar refractivity (Wildman–Crippen MR) is 92.3 cm³/mol. The van der Waals surface area contributed by atoms with Crippen LogP contribution >= 0.6 is 0 Å². The summed E-state index contributed by atoms with van der Waals surface area (Å²) in [5.74, 6) is 0.502. The van der Waals surface area contributed by atoms with Gasteiger partial charge in [-0.1, -0.05) is 38.1 Å². The van der Waals surface area contributed by atoms with Crippen LogP contribution in [0.3, 0.4) is 0 Å². The van der Waals surface area contributed by atoms with Crippen molar-refractivity contribution in [3.8, 4) is 0 Å². The summed E-state index contributed by atoms with van der Waals surface area (Å²) in [6, 6.07) is 8.09. The highest BCUT2D eigenvalue weighted by Gasteiger charge is 2.12. The second-order valence-electron chi connectivity index (χ2n) is 6.32. The third-order valence-corrected chi connectivity index (χ3v) is 3.73. The Morgan fingerprint density at radius 2 is 1.92 bits per heavy atom. The molecule has 2 aromatic rings. The number of nitrogens with zero attached hydrogens (tertiary/aromatic N) is 3. The third-order valence-electron chi connectivity index (χ3n) is 3.73. The first-order valence-electron chi connectivity index (χ1n) is 8.34. The molecule has 2 rings (SSSR count). The van der Waals surface area contributed by atoms with Crippen molar-refractivity contribution >= 4 is 5.91 Å². The van der Waals surface area contributed by atoms with Gasteiger partial charge in [-0.2, -0.15) is 5.10 Å². The van der Waals surface area contributed by atoms with Crippen molar-refractivity contribution in [1.82, 2.24) is 20.1 Å². The molecule has 24 heavy (non-hydrogen) atoms. The average molecular weight is 330 g/mol. The molecule has 0 bridgehead atoms. The number of benzene rings is 1. The SMILES string of the molecule is CC(C)CCOC(C)C(=O)NCc1ccc(Cn2cncn2)cc1. The monoisotopic (exact) mass is 330 g/mol. The van der Waals surface area contributed by atoms with Crippen LogP contribution in [0.25, 0.3) is 0 Å². The molecule has 1 amide bonds. The second-order valence-corrected chi connectivity index (χ2v) is 6.32. The van der Waals surface area contributed by atoms with E-state index in [1.165, 1.54) is 6.33 Å². The molecule has 1 N–H and O–H groups in total. The van der Waals surface area contributed by atoms with E-state index in [2.05, 4.69) is 29.2 Å². The lowest BCUT2D eigenvalue weighted by Crippen LogP contribution is -2.34. The van der Waals surface area contributed by atoms with Gasteiger partial charge in [0.2, 0.25) is 5.91 Å². The fraction of sp³-hybridized carbons (Fsp3) is 0.500. The summed E-state index contributed by atoms with van der Waals surface area (Å²) in [4.78, 5) is 15.9. The first-order chi connectivity index (χ1) is 11.5. The van der Waals surface area contributed by atoms with Crippen LogP contribution in [-0.2, 0) is 22.6 Å². The highest BCUT2D eigenvalue weighted by molar-refractivity contribution is 5.80. The van der Waals surface area contributed by atoms with Crippen molar-refractivity contribution in [1.29, 1.82) is 0 Å². The van der Waals surface area contributed by atoms with Gasteiger partial charge in [0.05, 0.1) is 6.54 Å². The highest BCUT2D eigenvalue weighted by atomic mass is 16.5. The zero-order valence-electron chi connectivity index (χ0n) is 14.6. The number of rotatable bonds is 9. The van der Waals surface area contributed by atoms with Gasteiger partial charge in [0.15, 0.2) is 0 Å². The van der Waals surface area contributed by atoms with E-state index >= 15 is 0 Å². The lowest BCUT2D eigenvalue weighted by Gasteiger charge is -2.14. The molecule has 1 unspecified atom stereocenters. The Kier molecular flexibility index (Phi) is 6.93. The molecular weight excluding hydrogens is 304 g/mol. The van der Waals surface area contributed by atoms with Gasteiger partial charge < -0.3 is 10.1 Å². The average Bonchev–Trinajstić information content (AvgIpc) is 3.06. The highest BCUT2D eigenvalue weighted by Crippen LogP contribution is 2.06. The number of carbonyl (C=O) groups is 1. The topological polar surface area (TPSA) is 69.0 Å². The number of aromatic nitrogens is 3. The maximum absolute atomic E-state index is 12.0. The van der Waals surface area contributed by atoms with Crippen molar-refractivity contribution < 1.29 is 9.53 Å². The zero-order chi connectivity index (χ0) is 17.4. The molecule has 1 atom stereocenters. The van der Waals surface area contributed by atoms with E-state index < -0.39 is 6.10 Å². The predicted octanol–water partition coefficient (Wildman–Crippen LogP) is 2.39. The molecular formula is C18H26N4O2. The van der Waals surface area contributed by atoms with Crippen LogP contribution in [0.5, 0.6) is 0 Å². The molecule has 0 aliphatic carbocycles. The van der Waals surface area contributed by atoms with Crippen LogP contribution in [0.4, 0.5) is 0 Å². The number of hydrogen-bond acceptors (Lipinski definition) is 4. The fourth-order valence-electron chi connectivity index (χ4n) is 2.15. The molecule has 6 heteroatoms. The summed E-state index contributed by atoms with van der Waals surface area (Å²) in [5.41, 5.74) is 2.20. The summed E-state index contributed by atoms with van der Waals surface area (Å²) in [6.45, 7) is 7.87. The lowest BCUT2D eigenvalue weighted by atomic mass is 10.1. The van der Waals surface area contributed by atoms with Gasteiger partial charge in [-0.25, -0.2) is 9.67 Å². The molecule has 1 heterocycles. The minimum Gasteiger partial charge on any atom is -0.369 e. The van der Waals surface area contributed by atoms with Gasteiger partial charge in [-0.05, 0) is 30.4 Å². The second kappa shape index (κ2) is 9.17. The maximum atomic E-state index is 12.0. The summed E-state index contributed by atoms with van der Waals surface area (Å²) in [5, 5.41) is 6.99. The van der Waals surface area contributed by atoms with Crippen molar-refractivity contribution in [3.63, 3.8) is 0 Å². The normalized spacial score (nSPS) is 12.3. The first-order valence-corrected chi connectivity index (χ1v) is 8.34. The maximum Gasteiger partial charge on any atom is 0.249 e. The number of carbonyl (C=O) groups excluding carboxylic acids is 1. The quantitative estimate of drug-likeness (QED) is 0.766. The molecule has 1 aromatic carbocycles. The minimum atomic E-state index is -0.421. The molecule has 6 nitrogen and oxygen atoms in total. The van der Waals surface area contributed by atoms with Crippen LogP contribution < -0.4 is 5.32 Å². The molecule has 0 aliphatic rings. The van der Waals surface area contributed by atoms with E-state index in [1.807, 2.05) is 24.3 Å². The van der Waals surface area contributed by atoms with Crippen molar-refractivity contribution in [2.75, 3.05) is 6.61 Å². The lowest BCUT2D eigenvalue weighted by molar-refractivity contribution is -0.132. The molecule has 130 valence electrons. The zero-order valence-corrected chi connectivity index (χ0v) is 14.6. The van der Waals surface area contributed by atoms with Gasteiger partial charge in [-0.15, -0.1) is 0 Å². The van der Waals surface area contributed by atoms with Crippen molar-refractivity contribution in [3.05, 3.63) is 48.0 Å². The van der Waals surface area contributed by atoms with Crippen LogP contribution in [0, 0.1) is 5.92 Å². The van der Waals surface area contributed by atoms with E-state index in [0.717, 1.165) is 17.5 Å². The molecule has 0 fully saturated rings. The Labute approximate surface area is 143 Å². The van der Waals surface area contributed by atoms with Crippen molar-refractivity contribution in [2.24, 2.45) is 5.92 Å². The van der Waals surface area contributed by atoms with E-state index in [1.54, 1.807) is 17.9 Å². The summed E-state index contributed by atoms with van der Waals surface area (Å²) in [6.07, 6.45) is 3.75. The Balaban J connectivity index is 1.74. The summed E-state index contributed by atoms with van der Waals surface area (Å²) in [7, 11) is 0. The largest absolute Gasteiger partial charge is 0.369 e. The molecule has 0 aliphatic heterocycles. The van der Waals surface area contributed by atoms with Crippen LogP contribution in [0.2, 0.25) is 0 Å². The Morgan fingerprint density at radius 1 is 1.21 bits per heavy atom. The van der Waals surface area contributed by atoms with Crippen molar-refractivity contribution in [2.45, 2.75) is 46.4 Å². The standard InChI is InChI=1S/C18H26N4O2/c1-14(2)8-9-24-15(3)18(23)20-10-16-4-6-17(7-5-16)11-22-13-19-12-21-22/h4-7,12-15H,8-11H2,1-3H3,(H,20,23). The van der Waals surface area contributed by atoms with Gasteiger partial charge in [-0.3, -0.25) is 4.79 Å². The molecule has 0 saturated heterocycles. The summed E-state index contributed by atoms with van der Waals surface area (Å²) >= 11 is 0. The van der Waals surface area contributed by atoms with Gasteiger partial charge in [0.25, 0.3) is 0 Å². The van der Waals surface area contributed by atoms with Crippen LogP contribution in [-0.4, -0.2) is 33.4 Å². The number of ether oxygens (including phenoxy) is 1. The van der Waals surface area contributed by atoms with E-state index in [4.69, 9.17) is 4.74 Å². The molecule has 0 spiro atoms. The summed E-state index contributed by atoms with van der Waals surface area (Å²) < 4.78 is 7.32. The van der Waals surface area contributed by atoms with Gasteiger partial charge in [0.1, 0.15) is 18.8 Å². The van der Waals surface area contributed by atoms with Crippen LogP contribution in [0.15, 0.2) is 36.9 Å². The Morgan fingerprint density at radius 3 is 2.54 bits per heavy atom. The van der Waals surface area contributed by atoms with E-state index in [0.29, 0.717) is 25.6 Å². The number of nitrogens with one attached hydrogen (secondary N) is 1. The number of amides is 1. The van der Waals surface area contributed by atoms with Gasteiger partial charge in [0, 0.05) is 13.2 Å². The molecule has 1 aromatic heterocycles. The van der Waals surface area contributed by atoms with E-state index in [-0.39, 0.29) is 5.91 Å². The van der Waals surface area contributed by atoms with Gasteiger partial charge >= 0.3 is 0 Å². The smallest absolute Gasteiger partial charge is 0.249 e. The molecule has 0 radical (unpaired) electrons. The fourth-order valence-corrected chi connectivity index (χ4v) is 2.15. The Hall–Kier alpha value is -2.21. The third kappa shape index (κ3) is 6.12. The Bertz CT molecular complexity index is 608. The van der Waals surface area contributed by atoms with E-state index in [9.17, 15) is 4.79 Å². The van der Waals surface area contributed by atoms with Crippen LogP contribution in [0.1, 0.15) is 38.3 Å². The first kappa shape index (κ1) is 18.1. The minimum absolute atomic E-state index is 0.0783.